The van der Waals surface area contributed by atoms with Crippen LogP contribution in [0.25, 0.3) is 0 Å². The van der Waals surface area contributed by atoms with E-state index in [0.717, 1.165) is 5.69 Å². The van der Waals surface area contributed by atoms with Gasteiger partial charge < -0.3 is 14.4 Å². The van der Waals surface area contributed by atoms with Gasteiger partial charge in [0.2, 0.25) is 0 Å². The highest BCUT2D eigenvalue weighted by Gasteiger charge is 2.20. The van der Waals surface area contributed by atoms with Crippen molar-refractivity contribution in [1.29, 1.82) is 0 Å². The minimum absolute atomic E-state index is 0.0449. The molecule has 1 heterocycles. The number of ether oxygens (including phenoxy) is 2. The van der Waals surface area contributed by atoms with Crippen LogP contribution in [0.4, 0.5) is 5.69 Å². The highest BCUT2D eigenvalue weighted by atomic mass is 35.5. The van der Waals surface area contributed by atoms with Crippen molar-refractivity contribution in [1.82, 2.24) is 0 Å². The third kappa shape index (κ3) is 2.70. The number of nitrogens with zero attached hydrogens (tertiary/aromatic N) is 1. The first-order valence-electron chi connectivity index (χ1n) is 5.53. The lowest BCUT2D eigenvalue weighted by atomic mass is 10.2. The van der Waals surface area contributed by atoms with E-state index in [2.05, 4.69) is 0 Å². The zero-order valence-electron chi connectivity index (χ0n) is 9.61. The van der Waals surface area contributed by atoms with Crippen molar-refractivity contribution in [2.75, 3.05) is 31.3 Å². The first-order valence-corrected chi connectivity index (χ1v) is 5.90. The highest BCUT2D eigenvalue weighted by Crippen LogP contribution is 2.29. The van der Waals surface area contributed by atoms with E-state index in [1.807, 2.05) is 13.0 Å². The summed E-state index contributed by atoms with van der Waals surface area (Å²) in [7, 11) is 0. The number of carbonyl (C=O) groups excluding carboxylic acids is 1. The van der Waals surface area contributed by atoms with Gasteiger partial charge in [-0.3, -0.25) is 4.79 Å². The topological polar surface area (TPSA) is 38.8 Å². The van der Waals surface area contributed by atoms with Crippen molar-refractivity contribution >= 4 is 23.2 Å². The van der Waals surface area contributed by atoms with Crippen LogP contribution >= 0.6 is 11.6 Å². The Kier molecular flexibility index (Phi) is 3.86. The Morgan fingerprint density at radius 3 is 3.00 bits per heavy atom. The van der Waals surface area contributed by atoms with Gasteiger partial charge in [0.1, 0.15) is 12.4 Å². The second-order valence-corrected chi connectivity index (χ2v) is 4.05. The summed E-state index contributed by atoms with van der Waals surface area (Å²) in [5.74, 6) is 0.593. The molecule has 1 aromatic carbocycles. The lowest BCUT2D eigenvalue weighted by Crippen LogP contribution is -2.41. The van der Waals surface area contributed by atoms with E-state index >= 15 is 0 Å². The average molecular weight is 256 g/mol. The number of amides is 1. The number of rotatable bonds is 3. The van der Waals surface area contributed by atoms with Crippen LogP contribution in [-0.2, 0) is 9.53 Å². The molecule has 0 aliphatic carbocycles. The molecular formula is C12H14ClNO3. The Labute approximate surface area is 105 Å². The van der Waals surface area contributed by atoms with Crippen LogP contribution in [0.15, 0.2) is 18.2 Å². The third-order valence-electron chi connectivity index (χ3n) is 2.51. The van der Waals surface area contributed by atoms with Gasteiger partial charge in [0, 0.05) is 12.2 Å². The number of benzene rings is 1. The molecule has 0 bridgehead atoms. The summed E-state index contributed by atoms with van der Waals surface area (Å²) in [4.78, 5) is 13.3. The predicted molar refractivity (Wildman–Crippen MR) is 65.8 cm³/mol. The summed E-state index contributed by atoms with van der Waals surface area (Å²) in [5, 5.41) is 0.517. The van der Waals surface area contributed by atoms with E-state index < -0.39 is 0 Å². The van der Waals surface area contributed by atoms with Crippen LogP contribution in [0.2, 0.25) is 5.02 Å². The molecule has 1 aliphatic heterocycles. The number of hydrogen-bond acceptors (Lipinski definition) is 3. The molecule has 1 aromatic rings. The van der Waals surface area contributed by atoms with Gasteiger partial charge >= 0.3 is 0 Å². The summed E-state index contributed by atoms with van der Waals surface area (Å²) in [5.41, 5.74) is 0.784. The summed E-state index contributed by atoms with van der Waals surface area (Å²) in [6.07, 6.45) is 0. The number of hydrogen-bond donors (Lipinski definition) is 0. The zero-order valence-corrected chi connectivity index (χ0v) is 10.4. The molecule has 0 radical (unpaired) electrons. The molecule has 17 heavy (non-hydrogen) atoms. The molecular weight excluding hydrogens is 242 g/mol. The average Bonchev–Trinajstić information content (AvgIpc) is 2.33. The Hall–Kier alpha value is -1.26. The van der Waals surface area contributed by atoms with E-state index in [-0.39, 0.29) is 12.5 Å². The monoisotopic (exact) mass is 255 g/mol. The molecule has 0 unspecified atom stereocenters. The molecule has 92 valence electrons. The molecule has 4 nitrogen and oxygen atoms in total. The van der Waals surface area contributed by atoms with Gasteiger partial charge in [-0.2, -0.15) is 0 Å². The fourth-order valence-electron chi connectivity index (χ4n) is 1.72. The van der Waals surface area contributed by atoms with Crippen molar-refractivity contribution in [2.45, 2.75) is 6.92 Å². The smallest absolute Gasteiger partial charge is 0.253 e. The van der Waals surface area contributed by atoms with Crippen LogP contribution in [-0.4, -0.2) is 32.3 Å². The Morgan fingerprint density at radius 1 is 1.53 bits per heavy atom. The van der Waals surface area contributed by atoms with Crippen molar-refractivity contribution < 1.29 is 14.3 Å². The molecule has 1 saturated heterocycles. The van der Waals surface area contributed by atoms with E-state index in [9.17, 15) is 4.79 Å². The van der Waals surface area contributed by atoms with Crippen LogP contribution in [0.5, 0.6) is 5.75 Å². The van der Waals surface area contributed by atoms with Gasteiger partial charge in [-0.1, -0.05) is 11.6 Å². The third-order valence-corrected chi connectivity index (χ3v) is 2.81. The lowest BCUT2D eigenvalue weighted by Gasteiger charge is -2.27. The second kappa shape index (κ2) is 5.38. The van der Waals surface area contributed by atoms with Crippen LogP contribution < -0.4 is 9.64 Å². The van der Waals surface area contributed by atoms with Gasteiger partial charge in [-0.05, 0) is 25.1 Å². The number of halogens is 1. The van der Waals surface area contributed by atoms with E-state index in [0.29, 0.717) is 30.5 Å². The molecule has 1 amide bonds. The molecule has 5 heteroatoms. The van der Waals surface area contributed by atoms with Crippen LogP contribution in [0, 0.1) is 0 Å². The van der Waals surface area contributed by atoms with Gasteiger partial charge in [0.25, 0.3) is 5.91 Å². The Balaban J connectivity index is 2.21. The molecule has 0 atom stereocenters. The van der Waals surface area contributed by atoms with Crippen molar-refractivity contribution in [3.8, 4) is 5.75 Å². The molecule has 1 aliphatic rings. The van der Waals surface area contributed by atoms with E-state index in [4.69, 9.17) is 21.1 Å². The normalized spacial score (nSPS) is 16.1. The van der Waals surface area contributed by atoms with Crippen molar-refractivity contribution in [3.05, 3.63) is 23.2 Å². The minimum Gasteiger partial charge on any atom is -0.492 e. The van der Waals surface area contributed by atoms with Crippen molar-refractivity contribution in [2.24, 2.45) is 0 Å². The summed E-state index contributed by atoms with van der Waals surface area (Å²) >= 11 is 6.08. The quantitative estimate of drug-likeness (QED) is 0.830. The molecule has 0 saturated carbocycles. The molecule has 0 aromatic heterocycles. The molecule has 2 rings (SSSR count). The summed E-state index contributed by atoms with van der Waals surface area (Å²) < 4.78 is 10.4. The van der Waals surface area contributed by atoms with E-state index in [1.54, 1.807) is 17.0 Å². The SMILES string of the molecule is CCOc1ccc(N2CCOCC2=O)cc1Cl. The van der Waals surface area contributed by atoms with Gasteiger partial charge in [-0.15, -0.1) is 0 Å². The van der Waals surface area contributed by atoms with Gasteiger partial charge in [0.05, 0.1) is 18.2 Å². The lowest BCUT2D eigenvalue weighted by molar-refractivity contribution is -0.125. The van der Waals surface area contributed by atoms with Gasteiger partial charge in [0.15, 0.2) is 0 Å². The van der Waals surface area contributed by atoms with Gasteiger partial charge in [-0.25, -0.2) is 0 Å². The number of morpholine rings is 1. The van der Waals surface area contributed by atoms with Crippen LogP contribution in [0.3, 0.4) is 0 Å². The second-order valence-electron chi connectivity index (χ2n) is 3.65. The highest BCUT2D eigenvalue weighted by molar-refractivity contribution is 6.32. The van der Waals surface area contributed by atoms with Crippen LogP contribution in [0.1, 0.15) is 6.92 Å². The largest absolute Gasteiger partial charge is 0.492 e. The molecule has 0 spiro atoms. The number of anilines is 1. The fraction of sp³-hybridized carbons (Fsp3) is 0.417. The Bertz CT molecular complexity index is 422. The predicted octanol–water partition coefficient (Wildman–Crippen LogP) is 2.10. The van der Waals surface area contributed by atoms with E-state index in [1.165, 1.54) is 0 Å². The maximum Gasteiger partial charge on any atom is 0.253 e. The number of carbonyl (C=O) groups is 1. The Morgan fingerprint density at radius 2 is 2.35 bits per heavy atom. The fourth-order valence-corrected chi connectivity index (χ4v) is 1.95. The maximum atomic E-state index is 11.6. The molecule has 0 N–H and O–H groups in total. The standard InChI is InChI=1S/C12H14ClNO3/c1-2-17-11-4-3-9(7-10(11)13)14-5-6-16-8-12(14)15/h3-4,7H,2,5-6,8H2,1H3. The minimum atomic E-state index is -0.0449. The molecule has 1 fully saturated rings. The maximum absolute atomic E-state index is 11.6. The summed E-state index contributed by atoms with van der Waals surface area (Å²) in [6.45, 7) is 3.70. The zero-order chi connectivity index (χ0) is 12.3. The first kappa shape index (κ1) is 12.2. The van der Waals surface area contributed by atoms with Crippen molar-refractivity contribution in [3.63, 3.8) is 0 Å². The summed E-state index contributed by atoms with van der Waals surface area (Å²) in [6, 6.07) is 5.36. The first-order chi connectivity index (χ1) is 8.22.